The van der Waals surface area contributed by atoms with Gasteiger partial charge >= 0.3 is 0 Å². The van der Waals surface area contributed by atoms with Crippen LogP contribution in [0.15, 0.2) is 4.52 Å². The molecule has 0 unspecified atom stereocenters. The maximum absolute atomic E-state index is 11.9. The van der Waals surface area contributed by atoms with E-state index >= 15 is 0 Å². The Balaban J connectivity index is 2.16. The predicted octanol–water partition coefficient (Wildman–Crippen LogP) is -0.0687. The second-order valence-electron chi connectivity index (χ2n) is 4.58. The van der Waals surface area contributed by atoms with Crippen LogP contribution in [0.1, 0.15) is 25.6 Å². The molecule has 1 aliphatic rings. The molecule has 1 aromatic heterocycles. The quantitative estimate of drug-likeness (QED) is 0.815. The summed E-state index contributed by atoms with van der Waals surface area (Å²) in [5.74, 6) is 0.720. The summed E-state index contributed by atoms with van der Waals surface area (Å²) in [4.78, 5) is 4.03. The number of sulfonamides is 1. The van der Waals surface area contributed by atoms with E-state index in [2.05, 4.69) is 14.9 Å². The standard InChI is InChI=1S/C9H15N3O4S/c1-6-10-8(16-11-6)9(2,3)12-17(13,14)7-4-15-5-7/h7,12H,4-5H2,1-3H3. The number of ether oxygens (including phenoxy) is 1. The summed E-state index contributed by atoms with van der Waals surface area (Å²) in [6, 6.07) is 0. The topological polar surface area (TPSA) is 94.3 Å². The molecular weight excluding hydrogens is 246 g/mol. The van der Waals surface area contributed by atoms with E-state index in [0.29, 0.717) is 5.82 Å². The van der Waals surface area contributed by atoms with Gasteiger partial charge in [0.1, 0.15) is 10.8 Å². The van der Waals surface area contributed by atoms with Gasteiger partial charge in [0, 0.05) is 0 Å². The van der Waals surface area contributed by atoms with Crippen molar-refractivity contribution in [3.05, 3.63) is 11.7 Å². The van der Waals surface area contributed by atoms with Gasteiger partial charge in [-0.2, -0.15) is 9.71 Å². The zero-order chi connectivity index (χ0) is 12.7. The molecule has 1 aromatic rings. The van der Waals surface area contributed by atoms with Crippen molar-refractivity contribution in [3.63, 3.8) is 0 Å². The van der Waals surface area contributed by atoms with Gasteiger partial charge in [0.2, 0.25) is 15.9 Å². The highest BCUT2D eigenvalue weighted by molar-refractivity contribution is 7.90. The molecule has 1 aliphatic heterocycles. The Kier molecular flexibility index (Phi) is 2.96. The highest BCUT2D eigenvalue weighted by Gasteiger charge is 2.39. The van der Waals surface area contributed by atoms with Crippen LogP contribution in [0.4, 0.5) is 0 Å². The molecule has 0 bridgehead atoms. The molecule has 17 heavy (non-hydrogen) atoms. The Bertz CT molecular complexity index is 504. The van der Waals surface area contributed by atoms with Crippen LogP contribution in [-0.4, -0.2) is 37.0 Å². The number of nitrogens with zero attached hydrogens (tertiary/aromatic N) is 2. The van der Waals surface area contributed by atoms with Crippen LogP contribution in [0.25, 0.3) is 0 Å². The number of nitrogens with one attached hydrogen (secondary N) is 1. The lowest BCUT2D eigenvalue weighted by Gasteiger charge is -2.30. The average molecular weight is 261 g/mol. The molecule has 2 rings (SSSR count). The van der Waals surface area contributed by atoms with Crippen molar-refractivity contribution in [1.29, 1.82) is 0 Å². The van der Waals surface area contributed by atoms with E-state index in [9.17, 15) is 8.42 Å². The van der Waals surface area contributed by atoms with Gasteiger partial charge in [-0.25, -0.2) is 8.42 Å². The van der Waals surface area contributed by atoms with Gasteiger partial charge in [-0.1, -0.05) is 5.16 Å². The molecule has 0 aromatic carbocycles. The summed E-state index contributed by atoms with van der Waals surface area (Å²) in [5, 5.41) is 3.15. The highest BCUT2D eigenvalue weighted by atomic mass is 32.2. The van der Waals surface area contributed by atoms with Crippen molar-refractivity contribution in [2.75, 3.05) is 13.2 Å². The fourth-order valence-electron chi connectivity index (χ4n) is 1.43. The summed E-state index contributed by atoms with van der Waals surface area (Å²) in [5.41, 5.74) is -0.921. The molecule has 0 spiro atoms. The third-order valence-corrected chi connectivity index (χ3v) is 4.45. The molecule has 8 heteroatoms. The molecule has 1 fully saturated rings. The first-order valence-corrected chi connectivity index (χ1v) is 6.77. The largest absolute Gasteiger partial charge is 0.378 e. The lowest BCUT2D eigenvalue weighted by atomic mass is 10.1. The summed E-state index contributed by atoms with van der Waals surface area (Å²) in [7, 11) is -3.42. The average Bonchev–Trinajstić information content (AvgIpc) is 2.45. The molecule has 0 atom stereocenters. The molecule has 2 heterocycles. The summed E-state index contributed by atoms with van der Waals surface area (Å²) in [6.45, 7) is 5.49. The van der Waals surface area contributed by atoms with E-state index in [-0.39, 0.29) is 19.1 Å². The normalized spacial score (nSPS) is 18.1. The van der Waals surface area contributed by atoms with E-state index in [1.807, 2.05) is 0 Å². The smallest absolute Gasteiger partial charge is 0.247 e. The Morgan fingerprint density at radius 2 is 2.06 bits per heavy atom. The third kappa shape index (κ3) is 2.48. The molecular formula is C9H15N3O4S. The van der Waals surface area contributed by atoms with Crippen molar-refractivity contribution in [2.45, 2.75) is 31.6 Å². The summed E-state index contributed by atoms with van der Waals surface area (Å²) < 4.78 is 36.3. The lowest BCUT2D eigenvalue weighted by molar-refractivity contribution is 0.0406. The maximum Gasteiger partial charge on any atom is 0.247 e. The predicted molar refractivity (Wildman–Crippen MR) is 58.7 cm³/mol. The van der Waals surface area contributed by atoms with Crippen LogP contribution in [-0.2, 0) is 20.3 Å². The SMILES string of the molecule is Cc1noc(C(C)(C)NS(=O)(=O)C2COC2)n1. The van der Waals surface area contributed by atoms with Crippen molar-refractivity contribution in [1.82, 2.24) is 14.9 Å². The molecule has 0 amide bonds. The molecule has 7 nitrogen and oxygen atoms in total. The van der Waals surface area contributed by atoms with Crippen molar-refractivity contribution < 1.29 is 17.7 Å². The van der Waals surface area contributed by atoms with Gasteiger partial charge in [0.05, 0.1) is 13.2 Å². The van der Waals surface area contributed by atoms with Gasteiger partial charge in [0.15, 0.2) is 5.82 Å². The Morgan fingerprint density at radius 3 is 2.47 bits per heavy atom. The van der Waals surface area contributed by atoms with Gasteiger partial charge in [0.25, 0.3) is 0 Å². The van der Waals surface area contributed by atoms with Crippen LogP contribution in [0, 0.1) is 6.92 Å². The molecule has 0 aliphatic carbocycles. The monoisotopic (exact) mass is 261 g/mol. The maximum atomic E-state index is 11.9. The Morgan fingerprint density at radius 1 is 1.41 bits per heavy atom. The zero-order valence-electron chi connectivity index (χ0n) is 9.93. The van der Waals surface area contributed by atoms with Crippen LogP contribution >= 0.6 is 0 Å². The van der Waals surface area contributed by atoms with Crippen LogP contribution in [0.3, 0.4) is 0 Å². The van der Waals surface area contributed by atoms with Crippen LogP contribution in [0.5, 0.6) is 0 Å². The van der Waals surface area contributed by atoms with E-state index in [1.165, 1.54) is 0 Å². The molecule has 0 saturated carbocycles. The van der Waals surface area contributed by atoms with Crippen molar-refractivity contribution >= 4 is 10.0 Å². The summed E-state index contributed by atoms with van der Waals surface area (Å²) >= 11 is 0. The van der Waals surface area contributed by atoms with E-state index in [1.54, 1.807) is 20.8 Å². The van der Waals surface area contributed by atoms with E-state index in [4.69, 9.17) is 9.26 Å². The first-order valence-electron chi connectivity index (χ1n) is 5.22. The molecule has 96 valence electrons. The minimum absolute atomic E-state index is 0.230. The number of rotatable bonds is 4. The molecule has 1 N–H and O–H groups in total. The van der Waals surface area contributed by atoms with Crippen molar-refractivity contribution in [2.24, 2.45) is 0 Å². The second kappa shape index (κ2) is 4.04. The number of aryl methyl sites for hydroxylation is 1. The third-order valence-electron chi connectivity index (χ3n) is 2.51. The fraction of sp³-hybridized carbons (Fsp3) is 0.778. The van der Waals surface area contributed by atoms with Crippen LogP contribution < -0.4 is 4.72 Å². The first-order chi connectivity index (χ1) is 7.81. The van der Waals surface area contributed by atoms with Gasteiger partial charge in [-0.15, -0.1) is 0 Å². The number of hydrogen-bond acceptors (Lipinski definition) is 6. The lowest BCUT2D eigenvalue weighted by Crippen LogP contribution is -2.52. The van der Waals surface area contributed by atoms with Crippen LogP contribution in [0.2, 0.25) is 0 Å². The molecule has 0 radical (unpaired) electrons. The first kappa shape index (κ1) is 12.5. The Hall–Kier alpha value is -0.990. The van der Waals surface area contributed by atoms with Gasteiger partial charge < -0.3 is 9.26 Å². The van der Waals surface area contributed by atoms with E-state index < -0.39 is 20.8 Å². The minimum atomic E-state index is -3.42. The Labute approximate surface area is 99.6 Å². The van der Waals surface area contributed by atoms with Gasteiger partial charge in [-0.05, 0) is 20.8 Å². The highest BCUT2D eigenvalue weighted by Crippen LogP contribution is 2.21. The summed E-state index contributed by atoms with van der Waals surface area (Å²) in [6.07, 6.45) is 0. The molecule has 1 saturated heterocycles. The minimum Gasteiger partial charge on any atom is -0.378 e. The second-order valence-corrected chi connectivity index (χ2v) is 6.54. The number of aromatic nitrogens is 2. The van der Waals surface area contributed by atoms with E-state index in [0.717, 1.165) is 0 Å². The van der Waals surface area contributed by atoms with Gasteiger partial charge in [-0.3, -0.25) is 0 Å². The fourth-order valence-corrected chi connectivity index (χ4v) is 2.94. The zero-order valence-corrected chi connectivity index (χ0v) is 10.7. The van der Waals surface area contributed by atoms with Crippen molar-refractivity contribution in [3.8, 4) is 0 Å². The number of hydrogen-bond donors (Lipinski definition) is 1.